The van der Waals surface area contributed by atoms with Gasteiger partial charge in [0, 0.05) is 43.5 Å². The number of ether oxygens (including phenoxy) is 5. The van der Waals surface area contributed by atoms with Gasteiger partial charge in [-0.2, -0.15) is 5.10 Å². The van der Waals surface area contributed by atoms with Crippen LogP contribution in [0.1, 0.15) is 46.4 Å². The van der Waals surface area contributed by atoms with E-state index in [1.807, 2.05) is 30.3 Å². The summed E-state index contributed by atoms with van der Waals surface area (Å²) in [5.41, 5.74) is 1.29. The average molecular weight is 726 g/mol. The zero-order valence-corrected chi connectivity index (χ0v) is 29.1. The zero-order valence-electron chi connectivity index (χ0n) is 27.5. The minimum Gasteiger partial charge on any atom is -0.463 e. The van der Waals surface area contributed by atoms with Gasteiger partial charge in [-0.1, -0.05) is 41.9 Å². The normalized spacial score (nSPS) is 21.0. The van der Waals surface area contributed by atoms with Crippen molar-refractivity contribution in [3.8, 4) is 11.3 Å². The average Bonchev–Trinajstić information content (AvgIpc) is 3.48. The van der Waals surface area contributed by atoms with Crippen LogP contribution in [0.5, 0.6) is 0 Å². The molecule has 50 heavy (non-hydrogen) atoms. The maximum absolute atomic E-state index is 12.9. The van der Waals surface area contributed by atoms with Crippen LogP contribution in [0.25, 0.3) is 22.2 Å². The number of carbonyl (C=O) groups is 4. The van der Waals surface area contributed by atoms with E-state index in [4.69, 9.17) is 39.7 Å². The Bertz CT molecular complexity index is 2090. The Hall–Kier alpha value is -5.12. The molecule has 0 bridgehead atoms. The number of aromatic nitrogens is 1. The fourth-order valence-corrected chi connectivity index (χ4v) is 6.44. The molecular weight excluding hydrogens is 694 g/mol. The van der Waals surface area contributed by atoms with E-state index in [0.29, 0.717) is 27.2 Å². The minimum absolute atomic E-state index is 0.141. The van der Waals surface area contributed by atoms with Crippen LogP contribution in [0.2, 0.25) is 5.02 Å². The maximum atomic E-state index is 12.9. The highest BCUT2D eigenvalue weighted by Gasteiger charge is 2.53. The van der Waals surface area contributed by atoms with E-state index < -0.39 is 66.8 Å². The molecule has 0 radical (unpaired) electrons. The number of thiazole rings is 1. The van der Waals surface area contributed by atoms with Crippen molar-refractivity contribution < 1.29 is 47.3 Å². The molecule has 1 fully saturated rings. The molecule has 16 heteroatoms. The first kappa shape index (κ1) is 36.2. The molecule has 0 aliphatic carbocycles. The molecule has 0 N–H and O–H groups in total. The third-order valence-corrected chi connectivity index (χ3v) is 8.47. The van der Waals surface area contributed by atoms with Gasteiger partial charge in [-0.3, -0.25) is 23.7 Å². The van der Waals surface area contributed by atoms with Gasteiger partial charge in [0.1, 0.15) is 18.3 Å². The van der Waals surface area contributed by atoms with Gasteiger partial charge >= 0.3 is 29.5 Å². The summed E-state index contributed by atoms with van der Waals surface area (Å²) in [4.78, 5) is 62.2. The molecule has 14 nitrogen and oxygen atoms in total. The van der Waals surface area contributed by atoms with Crippen molar-refractivity contribution in [2.24, 2.45) is 10.2 Å². The summed E-state index contributed by atoms with van der Waals surface area (Å²) in [6, 6.07) is 15.6. The molecule has 5 atom stereocenters. The van der Waals surface area contributed by atoms with Gasteiger partial charge in [0.05, 0.1) is 17.0 Å². The molecule has 262 valence electrons. The van der Waals surface area contributed by atoms with Crippen molar-refractivity contribution in [2.45, 2.75) is 65.3 Å². The molecule has 0 spiro atoms. The van der Waals surface area contributed by atoms with E-state index >= 15 is 0 Å². The second kappa shape index (κ2) is 15.6. The molecule has 5 rings (SSSR count). The third-order valence-electron chi connectivity index (χ3n) is 7.40. The lowest BCUT2D eigenvalue weighted by Gasteiger charge is -2.45. The van der Waals surface area contributed by atoms with Crippen molar-refractivity contribution in [1.29, 1.82) is 0 Å². The quantitative estimate of drug-likeness (QED) is 0.0778. The second-order valence-corrected chi connectivity index (χ2v) is 12.4. The molecule has 2 aromatic heterocycles. The van der Waals surface area contributed by atoms with Gasteiger partial charge in [0.2, 0.25) is 4.80 Å². The number of hydrogen-bond acceptors (Lipinski definition) is 14. The molecule has 0 amide bonds. The molecule has 2 aromatic carbocycles. The van der Waals surface area contributed by atoms with Crippen molar-refractivity contribution in [3.05, 3.63) is 85.8 Å². The number of carbonyl (C=O) groups excluding carboxylic acids is 4. The first-order chi connectivity index (χ1) is 23.8. The van der Waals surface area contributed by atoms with E-state index in [9.17, 15) is 24.0 Å². The smallest absolute Gasteiger partial charge is 0.345 e. The summed E-state index contributed by atoms with van der Waals surface area (Å²) in [6.07, 6.45) is -6.68. The molecule has 1 saturated heterocycles. The van der Waals surface area contributed by atoms with Crippen LogP contribution in [-0.2, 0) is 42.9 Å². The number of halogens is 1. The van der Waals surface area contributed by atoms with Gasteiger partial charge in [-0.25, -0.2) is 4.79 Å². The van der Waals surface area contributed by atoms with Crippen molar-refractivity contribution in [1.82, 2.24) is 4.57 Å². The predicted molar refractivity (Wildman–Crippen MR) is 180 cm³/mol. The largest absolute Gasteiger partial charge is 0.463 e. The molecular formula is C34H32ClN3O11S. The van der Waals surface area contributed by atoms with Gasteiger partial charge < -0.3 is 28.1 Å². The highest BCUT2D eigenvalue weighted by atomic mass is 35.5. The first-order valence-electron chi connectivity index (χ1n) is 15.2. The number of benzene rings is 2. The van der Waals surface area contributed by atoms with Crippen LogP contribution in [-0.4, -0.2) is 65.2 Å². The fourth-order valence-electron chi connectivity index (χ4n) is 5.39. The Morgan fingerprint density at radius 1 is 0.860 bits per heavy atom. The van der Waals surface area contributed by atoms with Crippen molar-refractivity contribution in [3.63, 3.8) is 0 Å². The number of rotatable bonds is 9. The van der Waals surface area contributed by atoms with Crippen LogP contribution in [0.3, 0.4) is 0 Å². The molecule has 0 saturated carbocycles. The monoisotopic (exact) mass is 725 g/mol. The van der Waals surface area contributed by atoms with E-state index in [-0.39, 0.29) is 16.1 Å². The Morgan fingerprint density at radius 3 is 2.18 bits per heavy atom. The van der Waals surface area contributed by atoms with E-state index in [0.717, 1.165) is 32.1 Å². The van der Waals surface area contributed by atoms with E-state index in [2.05, 4.69) is 10.2 Å². The Labute approximate surface area is 293 Å². The van der Waals surface area contributed by atoms with Crippen LogP contribution < -0.4 is 10.4 Å². The van der Waals surface area contributed by atoms with Crippen molar-refractivity contribution >= 4 is 63.5 Å². The maximum Gasteiger partial charge on any atom is 0.345 e. The van der Waals surface area contributed by atoms with Crippen LogP contribution in [0, 0.1) is 0 Å². The third kappa shape index (κ3) is 8.35. The lowest BCUT2D eigenvalue weighted by Crippen LogP contribution is -2.61. The standard InChI is InChI=1S/C34H32ClN3O11S/c1-17(25-14-23-13-24(35)11-12-27(23)49-33(25)43)36-37-34-38(26(16-50-34)22-9-7-6-8-10-22)32-31(47-21(5)42)30(46-20(4)41)29(45-19(3)40)28(48-32)15-44-18(2)39/h6-14,16,28-32H,15H2,1-5H3/b36-17+,37-34-/t28-,29+,30+,31-,32-/m1/s1. The number of hydrogen-bond donors (Lipinski definition) is 0. The Kier molecular flexibility index (Phi) is 11.3. The minimum atomic E-state index is -1.41. The van der Waals surface area contributed by atoms with E-state index in [1.54, 1.807) is 41.1 Å². The number of esters is 4. The lowest BCUT2D eigenvalue weighted by molar-refractivity contribution is -0.268. The Balaban J connectivity index is 1.71. The van der Waals surface area contributed by atoms with Crippen LogP contribution in [0.15, 0.2) is 79.4 Å². The topological polar surface area (TPSA) is 174 Å². The summed E-state index contributed by atoms with van der Waals surface area (Å²) in [7, 11) is 0. The zero-order chi connectivity index (χ0) is 36.1. The van der Waals surface area contributed by atoms with Crippen LogP contribution >= 0.6 is 22.9 Å². The highest BCUT2D eigenvalue weighted by Crippen LogP contribution is 2.37. The van der Waals surface area contributed by atoms with Gasteiger partial charge in [0.15, 0.2) is 24.5 Å². The number of nitrogens with zero attached hydrogens (tertiary/aromatic N) is 3. The molecule has 0 unspecified atom stereocenters. The summed E-state index contributed by atoms with van der Waals surface area (Å²) in [6.45, 7) is 5.80. The van der Waals surface area contributed by atoms with E-state index in [1.165, 1.54) is 6.92 Å². The molecule has 4 aromatic rings. The molecule has 1 aliphatic rings. The predicted octanol–water partition coefficient (Wildman–Crippen LogP) is 4.56. The summed E-state index contributed by atoms with van der Waals surface area (Å²) in [5, 5.41) is 11.6. The van der Waals surface area contributed by atoms with Gasteiger partial charge in [0.25, 0.3) is 0 Å². The molecule has 1 aliphatic heterocycles. The fraction of sp³-hybridized carbons (Fsp3) is 0.324. The summed E-state index contributed by atoms with van der Waals surface area (Å²) >= 11 is 7.30. The Morgan fingerprint density at radius 2 is 1.52 bits per heavy atom. The first-order valence-corrected chi connectivity index (χ1v) is 16.5. The second-order valence-electron chi connectivity index (χ2n) is 11.1. The number of fused-ring (bicyclic) bond motifs is 1. The van der Waals surface area contributed by atoms with Crippen molar-refractivity contribution in [2.75, 3.05) is 6.61 Å². The van der Waals surface area contributed by atoms with Gasteiger partial charge in [-0.05, 0) is 36.8 Å². The lowest BCUT2D eigenvalue weighted by atomic mass is 9.96. The summed E-state index contributed by atoms with van der Waals surface area (Å²) < 4.78 is 35.7. The van der Waals surface area contributed by atoms with Crippen LogP contribution in [0.4, 0.5) is 0 Å². The van der Waals surface area contributed by atoms with Gasteiger partial charge in [-0.15, -0.1) is 16.4 Å². The summed E-state index contributed by atoms with van der Waals surface area (Å²) in [5.74, 6) is -2.92. The molecule has 3 heterocycles. The SMILES string of the molecule is CC(=O)OC[C@H]1O[C@@H](n2c(-c3ccccc3)cs/c2=N\N=C(/C)c2cc3cc(Cl)ccc3oc2=O)[C@H](OC(C)=O)[C@@H](OC(C)=O)[C@H]1OC(C)=O. The highest BCUT2D eigenvalue weighted by molar-refractivity contribution is 7.07.